The molecule has 1 aliphatic rings. The molecule has 2 aromatic rings. The fourth-order valence-corrected chi connectivity index (χ4v) is 3.07. The van der Waals surface area contributed by atoms with Crippen LogP contribution in [0.25, 0.3) is 11.1 Å². The number of hydrogen-bond donors (Lipinski definition) is 2. The van der Waals surface area contributed by atoms with Gasteiger partial charge in [0.2, 0.25) is 0 Å². The average molecular weight is 282 g/mol. The molecule has 0 fully saturated rings. The van der Waals surface area contributed by atoms with Crippen molar-refractivity contribution in [1.29, 1.82) is 0 Å². The maximum Gasteiger partial charge on any atom is 0.0642 e. The largest absolute Gasteiger partial charge is 0.323 e. The Labute approximate surface area is 125 Å². The standard InChI is InChI=1S/C17H18N2S/c1-11(19-18)13-7-8-17(20)16(10-13)15-6-5-12-3-2-4-14(12)9-15/h5-10,20H,2-4,18H2,1H3. The highest BCUT2D eigenvalue weighted by Gasteiger charge is 2.13. The summed E-state index contributed by atoms with van der Waals surface area (Å²) in [4.78, 5) is 0.983. The van der Waals surface area contributed by atoms with Gasteiger partial charge in [-0.2, -0.15) is 5.10 Å². The molecule has 2 aromatic carbocycles. The zero-order chi connectivity index (χ0) is 14.1. The summed E-state index contributed by atoms with van der Waals surface area (Å²) >= 11 is 4.59. The topological polar surface area (TPSA) is 38.4 Å². The quantitative estimate of drug-likeness (QED) is 0.374. The normalized spacial score (nSPS) is 14.4. The van der Waals surface area contributed by atoms with Crippen LogP contribution in [0.2, 0.25) is 0 Å². The SMILES string of the molecule is CC(=NN)c1ccc(S)c(-c2ccc3c(c2)CCC3)c1. The molecule has 20 heavy (non-hydrogen) atoms. The van der Waals surface area contributed by atoms with Crippen molar-refractivity contribution in [3.05, 3.63) is 53.1 Å². The molecule has 3 heteroatoms. The molecular weight excluding hydrogens is 264 g/mol. The minimum atomic E-state index is 0.834. The van der Waals surface area contributed by atoms with Gasteiger partial charge in [0.25, 0.3) is 0 Å². The first-order valence-corrected chi connectivity index (χ1v) is 7.34. The summed E-state index contributed by atoms with van der Waals surface area (Å²) in [5, 5.41) is 3.77. The Bertz CT molecular complexity index is 689. The lowest BCUT2D eigenvalue weighted by atomic mass is 9.98. The maximum atomic E-state index is 5.37. The van der Waals surface area contributed by atoms with Gasteiger partial charge >= 0.3 is 0 Å². The summed E-state index contributed by atoms with van der Waals surface area (Å²) in [6, 6.07) is 12.9. The van der Waals surface area contributed by atoms with E-state index in [-0.39, 0.29) is 0 Å². The Morgan fingerprint density at radius 3 is 2.70 bits per heavy atom. The zero-order valence-electron chi connectivity index (χ0n) is 11.6. The molecule has 0 bridgehead atoms. The van der Waals surface area contributed by atoms with Gasteiger partial charge in [-0.15, -0.1) is 12.6 Å². The molecule has 2 N–H and O–H groups in total. The van der Waals surface area contributed by atoms with E-state index in [0.29, 0.717) is 0 Å². The molecule has 0 radical (unpaired) electrons. The molecule has 2 nitrogen and oxygen atoms in total. The smallest absolute Gasteiger partial charge is 0.0642 e. The number of hydrazone groups is 1. The summed E-state index contributed by atoms with van der Waals surface area (Å²) in [7, 11) is 0. The van der Waals surface area contributed by atoms with Crippen LogP contribution in [-0.4, -0.2) is 5.71 Å². The van der Waals surface area contributed by atoms with Crippen LogP contribution in [0.4, 0.5) is 0 Å². The van der Waals surface area contributed by atoms with Gasteiger partial charge in [-0.25, -0.2) is 0 Å². The minimum absolute atomic E-state index is 0.834. The number of benzene rings is 2. The summed E-state index contributed by atoms with van der Waals surface area (Å²) in [5.74, 6) is 5.37. The molecule has 0 saturated carbocycles. The van der Waals surface area contributed by atoms with E-state index in [2.05, 4.69) is 42.0 Å². The minimum Gasteiger partial charge on any atom is -0.323 e. The van der Waals surface area contributed by atoms with Crippen LogP contribution in [-0.2, 0) is 12.8 Å². The van der Waals surface area contributed by atoms with Gasteiger partial charge in [-0.3, -0.25) is 0 Å². The highest BCUT2D eigenvalue weighted by Crippen LogP contribution is 2.32. The van der Waals surface area contributed by atoms with Crippen molar-refractivity contribution in [2.75, 3.05) is 0 Å². The predicted octanol–water partition coefficient (Wildman–Crippen LogP) is 3.81. The number of nitrogens with two attached hydrogens (primary N) is 1. The maximum absolute atomic E-state index is 5.37. The van der Waals surface area contributed by atoms with E-state index in [1.807, 2.05) is 19.1 Å². The first kappa shape index (κ1) is 13.3. The second-order valence-corrected chi connectivity index (χ2v) is 5.77. The molecular formula is C17H18N2S. The molecule has 1 aliphatic carbocycles. The third kappa shape index (κ3) is 2.34. The number of nitrogens with zero attached hydrogens (tertiary/aromatic N) is 1. The van der Waals surface area contributed by atoms with Crippen molar-refractivity contribution in [1.82, 2.24) is 0 Å². The lowest BCUT2D eigenvalue weighted by molar-refractivity contribution is 0.912. The van der Waals surface area contributed by atoms with Crippen LogP contribution in [0.5, 0.6) is 0 Å². The van der Waals surface area contributed by atoms with Gasteiger partial charge in [-0.05, 0) is 66.1 Å². The van der Waals surface area contributed by atoms with Crippen molar-refractivity contribution in [3.63, 3.8) is 0 Å². The summed E-state index contributed by atoms with van der Waals surface area (Å²) in [6.07, 6.45) is 3.67. The second-order valence-electron chi connectivity index (χ2n) is 5.28. The highest BCUT2D eigenvalue weighted by atomic mass is 32.1. The van der Waals surface area contributed by atoms with Gasteiger partial charge < -0.3 is 5.84 Å². The van der Waals surface area contributed by atoms with Crippen LogP contribution >= 0.6 is 12.6 Å². The van der Waals surface area contributed by atoms with Crippen LogP contribution in [0.3, 0.4) is 0 Å². The van der Waals surface area contributed by atoms with E-state index in [1.165, 1.54) is 36.0 Å². The molecule has 0 heterocycles. The Morgan fingerprint density at radius 2 is 1.90 bits per heavy atom. The predicted molar refractivity (Wildman–Crippen MR) is 87.6 cm³/mol. The summed E-state index contributed by atoms with van der Waals surface area (Å²) in [6.45, 7) is 1.92. The molecule has 102 valence electrons. The molecule has 0 unspecified atom stereocenters. The molecule has 0 saturated heterocycles. The van der Waals surface area contributed by atoms with Gasteiger partial charge in [0.15, 0.2) is 0 Å². The lowest BCUT2D eigenvalue weighted by Crippen LogP contribution is -1.99. The van der Waals surface area contributed by atoms with Crippen molar-refractivity contribution in [2.45, 2.75) is 31.1 Å². The van der Waals surface area contributed by atoms with E-state index in [9.17, 15) is 0 Å². The molecule has 0 amide bonds. The number of aryl methyl sites for hydroxylation is 2. The first-order chi connectivity index (χ1) is 9.69. The van der Waals surface area contributed by atoms with E-state index in [1.54, 1.807) is 0 Å². The third-order valence-corrected chi connectivity index (χ3v) is 4.41. The first-order valence-electron chi connectivity index (χ1n) is 6.89. The molecule has 0 aliphatic heterocycles. The van der Waals surface area contributed by atoms with Crippen molar-refractivity contribution in [2.24, 2.45) is 10.9 Å². The van der Waals surface area contributed by atoms with E-state index in [0.717, 1.165) is 21.7 Å². The zero-order valence-corrected chi connectivity index (χ0v) is 12.5. The fraction of sp³-hybridized carbons (Fsp3) is 0.235. The Balaban J connectivity index is 2.09. The van der Waals surface area contributed by atoms with Crippen LogP contribution < -0.4 is 5.84 Å². The number of hydrogen-bond acceptors (Lipinski definition) is 3. The second kappa shape index (κ2) is 5.33. The van der Waals surface area contributed by atoms with E-state index in [4.69, 9.17) is 5.84 Å². The van der Waals surface area contributed by atoms with Crippen LogP contribution in [0.1, 0.15) is 30.0 Å². The molecule has 0 atom stereocenters. The van der Waals surface area contributed by atoms with Gasteiger partial charge in [-0.1, -0.05) is 24.3 Å². The van der Waals surface area contributed by atoms with Gasteiger partial charge in [0, 0.05) is 4.90 Å². The highest BCUT2D eigenvalue weighted by molar-refractivity contribution is 7.80. The fourth-order valence-electron chi connectivity index (χ4n) is 2.81. The Hall–Kier alpha value is -1.74. The molecule has 0 aromatic heterocycles. The monoisotopic (exact) mass is 282 g/mol. The third-order valence-electron chi connectivity index (χ3n) is 4.02. The number of fused-ring (bicyclic) bond motifs is 1. The molecule has 3 rings (SSSR count). The molecule has 0 spiro atoms. The van der Waals surface area contributed by atoms with Gasteiger partial charge in [0.05, 0.1) is 5.71 Å². The summed E-state index contributed by atoms with van der Waals surface area (Å²) in [5.41, 5.74) is 7.21. The van der Waals surface area contributed by atoms with E-state index < -0.39 is 0 Å². The van der Waals surface area contributed by atoms with Crippen molar-refractivity contribution >= 4 is 18.3 Å². The summed E-state index contributed by atoms with van der Waals surface area (Å²) < 4.78 is 0. The lowest BCUT2D eigenvalue weighted by Gasteiger charge is -2.10. The Kier molecular flexibility index (Phi) is 3.53. The number of thiol groups is 1. The van der Waals surface area contributed by atoms with Gasteiger partial charge in [0.1, 0.15) is 0 Å². The van der Waals surface area contributed by atoms with Crippen LogP contribution in [0, 0.1) is 0 Å². The average Bonchev–Trinajstić information content (AvgIpc) is 2.94. The van der Waals surface area contributed by atoms with E-state index >= 15 is 0 Å². The van der Waals surface area contributed by atoms with Crippen LogP contribution in [0.15, 0.2) is 46.4 Å². The van der Waals surface area contributed by atoms with Crippen molar-refractivity contribution < 1.29 is 0 Å². The Morgan fingerprint density at radius 1 is 1.10 bits per heavy atom. The number of rotatable bonds is 2. The van der Waals surface area contributed by atoms with Crippen molar-refractivity contribution in [3.8, 4) is 11.1 Å².